The highest BCUT2D eigenvalue weighted by Crippen LogP contribution is 2.13. The Bertz CT molecular complexity index is 694. The van der Waals surface area contributed by atoms with Gasteiger partial charge in [0.25, 0.3) is 11.8 Å². The predicted molar refractivity (Wildman–Crippen MR) is 101 cm³/mol. The lowest BCUT2D eigenvalue weighted by Crippen LogP contribution is -2.31. The SMILES string of the molecule is CCCCCNC(=O)c1coc(CN(CCCCC)C(=O)c2ccco2)n1. The number of nitrogens with one attached hydrogen (secondary N) is 1. The van der Waals surface area contributed by atoms with E-state index in [1.807, 2.05) is 0 Å². The van der Waals surface area contributed by atoms with Gasteiger partial charge in [-0.15, -0.1) is 0 Å². The summed E-state index contributed by atoms with van der Waals surface area (Å²) in [6.45, 7) is 5.62. The summed E-state index contributed by atoms with van der Waals surface area (Å²) >= 11 is 0. The van der Waals surface area contributed by atoms with Gasteiger partial charge in [-0.3, -0.25) is 9.59 Å². The molecule has 0 aliphatic carbocycles. The minimum absolute atomic E-state index is 0.201. The second kappa shape index (κ2) is 11.2. The Morgan fingerprint density at radius 3 is 2.59 bits per heavy atom. The summed E-state index contributed by atoms with van der Waals surface area (Å²) in [6, 6.07) is 3.32. The number of aromatic nitrogens is 1. The summed E-state index contributed by atoms with van der Waals surface area (Å²) in [6.07, 6.45) is 8.90. The van der Waals surface area contributed by atoms with Crippen LogP contribution in [0.15, 0.2) is 33.5 Å². The molecule has 7 nitrogen and oxygen atoms in total. The van der Waals surface area contributed by atoms with Gasteiger partial charge in [0.1, 0.15) is 6.26 Å². The molecule has 2 aromatic heterocycles. The van der Waals surface area contributed by atoms with E-state index in [-0.39, 0.29) is 29.8 Å². The van der Waals surface area contributed by atoms with Gasteiger partial charge >= 0.3 is 0 Å². The number of unbranched alkanes of at least 4 members (excludes halogenated alkanes) is 4. The Labute approximate surface area is 160 Å². The van der Waals surface area contributed by atoms with Crippen LogP contribution in [0.2, 0.25) is 0 Å². The molecular formula is C20H29N3O4. The van der Waals surface area contributed by atoms with Gasteiger partial charge in [0.05, 0.1) is 12.8 Å². The van der Waals surface area contributed by atoms with Crippen LogP contribution in [0.5, 0.6) is 0 Å². The molecule has 0 fully saturated rings. The van der Waals surface area contributed by atoms with Crippen molar-refractivity contribution >= 4 is 11.8 Å². The highest BCUT2D eigenvalue weighted by Gasteiger charge is 2.21. The average Bonchev–Trinajstić information content (AvgIpc) is 3.36. The Morgan fingerprint density at radius 2 is 1.89 bits per heavy atom. The van der Waals surface area contributed by atoms with E-state index in [1.54, 1.807) is 17.0 Å². The van der Waals surface area contributed by atoms with Gasteiger partial charge in [0.15, 0.2) is 11.5 Å². The number of hydrogen-bond donors (Lipinski definition) is 1. The van der Waals surface area contributed by atoms with Crippen molar-refractivity contribution in [1.82, 2.24) is 15.2 Å². The topological polar surface area (TPSA) is 88.6 Å². The van der Waals surface area contributed by atoms with Gasteiger partial charge in [-0.2, -0.15) is 0 Å². The molecule has 0 unspecified atom stereocenters. The zero-order valence-corrected chi connectivity index (χ0v) is 16.2. The van der Waals surface area contributed by atoms with Crippen LogP contribution in [-0.4, -0.2) is 34.8 Å². The Balaban J connectivity index is 1.97. The molecule has 0 saturated heterocycles. The molecule has 0 saturated carbocycles. The summed E-state index contributed by atoms with van der Waals surface area (Å²) in [7, 11) is 0. The smallest absolute Gasteiger partial charge is 0.290 e. The first-order chi connectivity index (χ1) is 13.2. The van der Waals surface area contributed by atoms with Gasteiger partial charge in [-0.1, -0.05) is 39.5 Å². The minimum Gasteiger partial charge on any atom is -0.459 e. The van der Waals surface area contributed by atoms with Crippen LogP contribution in [0.1, 0.15) is 79.3 Å². The van der Waals surface area contributed by atoms with Crippen molar-refractivity contribution in [3.05, 3.63) is 42.0 Å². The maximum Gasteiger partial charge on any atom is 0.290 e. The van der Waals surface area contributed by atoms with E-state index in [4.69, 9.17) is 8.83 Å². The van der Waals surface area contributed by atoms with E-state index in [1.165, 1.54) is 12.5 Å². The van der Waals surface area contributed by atoms with Crippen molar-refractivity contribution in [2.45, 2.75) is 58.9 Å². The third-order valence-electron chi connectivity index (χ3n) is 4.23. The first-order valence-electron chi connectivity index (χ1n) is 9.71. The number of rotatable bonds is 12. The average molecular weight is 375 g/mol. The molecule has 0 radical (unpaired) electrons. The number of hydrogen-bond acceptors (Lipinski definition) is 5. The first kappa shape index (κ1) is 20.7. The van der Waals surface area contributed by atoms with Crippen molar-refractivity contribution in [2.75, 3.05) is 13.1 Å². The normalized spacial score (nSPS) is 10.7. The highest BCUT2D eigenvalue weighted by molar-refractivity contribution is 5.92. The third kappa shape index (κ3) is 6.58. The number of nitrogens with zero attached hydrogens (tertiary/aromatic N) is 2. The van der Waals surface area contributed by atoms with Crippen molar-refractivity contribution in [3.8, 4) is 0 Å². The molecule has 27 heavy (non-hydrogen) atoms. The van der Waals surface area contributed by atoms with Crippen LogP contribution >= 0.6 is 0 Å². The predicted octanol–water partition coefficient (Wildman–Crippen LogP) is 4.02. The summed E-state index contributed by atoms with van der Waals surface area (Å²) < 4.78 is 10.6. The second-order valence-corrected chi connectivity index (χ2v) is 6.50. The molecule has 2 heterocycles. The lowest BCUT2D eigenvalue weighted by Gasteiger charge is -2.19. The van der Waals surface area contributed by atoms with Crippen LogP contribution in [0.3, 0.4) is 0 Å². The maximum atomic E-state index is 12.6. The highest BCUT2D eigenvalue weighted by atomic mass is 16.3. The number of carbonyl (C=O) groups excluding carboxylic acids is 2. The molecule has 0 aliphatic rings. The Hall–Kier alpha value is -2.57. The van der Waals surface area contributed by atoms with Gasteiger partial charge in [0, 0.05) is 13.1 Å². The lowest BCUT2D eigenvalue weighted by atomic mass is 10.2. The Kier molecular flexibility index (Phi) is 8.61. The summed E-state index contributed by atoms with van der Waals surface area (Å²) in [5, 5.41) is 2.83. The van der Waals surface area contributed by atoms with Crippen molar-refractivity contribution < 1.29 is 18.4 Å². The fourth-order valence-electron chi connectivity index (χ4n) is 2.68. The third-order valence-corrected chi connectivity index (χ3v) is 4.23. The van der Waals surface area contributed by atoms with E-state index in [9.17, 15) is 9.59 Å². The number of carbonyl (C=O) groups is 2. The molecule has 2 amide bonds. The molecule has 0 aliphatic heterocycles. The molecule has 1 N–H and O–H groups in total. The van der Waals surface area contributed by atoms with Gasteiger partial charge in [0.2, 0.25) is 5.89 Å². The standard InChI is InChI=1S/C20H29N3O4/c1-3-5-7-11-21-19(24)16-15-27-18(22-16)14-23(12-8-6-4-2)20(25)17-10-9-13-26-17/h9-10,13,15H,3-8,11-12,14H2,1-2H3,(H,21,24). The van der Waals surface area contributed by atoms with E-state index in [2.05, 4.69) is 24.1 Å². The molecule has 7 heteroatoms. The molecule has 0 aromatic carbocycles. The van der Waals surface area contributed by atoms with E-state index in [0.717, 1.165) is 38.5 Å². The van der Waals surface area contributed by atoms with Crippen molar-refractivity contribution in [2.24, 2.45) is 0 Å². The van der Waals surface area contributed by atoms with Crippen LogP contribution < -0.4 is 5.32 Å². The van der Waals surface area contributed by atoms with Crippen LogP contribution in [0.25, 0.3) is 0 Å². The van der Waals surface area contributed by atoms with E-state index < -0.39 is 0 Å². The van der Waals surface area contributed by atoms with Crippen LogP contribution in [0.4, 0.5) is 0 Å². The number of furan rings is 1. The maximum absolute atomic E-state index is 12.6. The second-order valence-electron chi connectivity index (χ2n) is 6.50. The Morgan fingerprint density at radius 1 is 1.11 bits per heavy atom. The van der Waals surface area contributed by atoms with Gasteiger partial charge in [-0.25, -0.2) is 4.98 Å². The zero-order valence-electron chi connectivity index (χ0n) is 16.2. The van der Waals surface area contributed by atoms with E-state index >= 15 is 0 Å². The lowest BCUT2D eigenvalue weighted by molar-refractivity contribution is 0.0692. The molecule has 2 rings (SSSR count). The first-order valence-corrected chi connectivity index (χ1v) is 9.71. The van der Waals surface area contributed by atoms with Gasteiger partial charge < -0.3 is 19.1 Å². The fourth-order valence-corrected chi connectivity index (χ4v) is 2.68. The summed E-state index contributed by atoms with van der Waals surface area (Å²) in [4.78, 5) is 30.6. The molecule has 0 bridgehead atoms. The quantitative estimate of drug-likeness (QED) is 0.566. The molecule has 2 aromatic rings. The van der Waals surface area contributed by atoms with Crippen LogP contribution in [0, 0.1) is 0 Å². The minimum atomic E-state index is -0.254. The monoisotopic (exact) mass is 375 g/mol. The number of amides is 2. The molecule has 148 valence electrons. The van der Waals surface area contributed by atoms with Crippen molar-refractivity contribution in [1.29, 1.82) is 0 Å². The van der Waals surface area contributed by atoms with Gasteiger partial charge in [-0.05, 0) is 25.0 Å². The summed E-state index contributed by atoms with van der Waals surface area (Å²) in [5.74, 6) is 0.160. The molecule has 0 spiro atoms. The van der Waals surface area contributed by atoms with Crippen LogP contribution in [-0.2, 0) is 6.54 Å². The molecule has 0 atom stereocenters. The molecular weight excluding hydrogens is 346 g/mol. The fraction of sp³-hybridized carbons (Fsp3) is 0.550. The summed E-state index contributed by atoms with van der Waals surface area (Å²) in [5.41, 5.74) is 0.237. The zero-order chi connectivity index (χ0) is 19.5. The number of oxazole rings is 1. The largest absolute Gasteiger partial charge is 0.459 e. The van der Waals surface area contributed by atoms with E-state index in [0.29, 0.717) is 19.0 Å². The van der Waals surface area contributed by atoms with Crippen molar-refractivity contribution in [3.63, 3.8) is 0 Å².